The number of nitrogens with one attached hydrogen (secondary N) is 2. The van der Waals surface area contributed by atoms with Gasteiger partial charge in [-0.2, -0.15) is 0 Å². The van der Waals surface area contributed by atoms with Crippen molar-refractivity contribution < 1.29 is 17.6 Å². The zero-order valence-electron chi connectivity index (χ0n) is 11.7. The van der Waals surface area contributed by atoms with E-state index in [1.54, 1.807) is 6.07 Å². The maximum Gasteiger partial charge on any atom is 0.291 e. The van der Waals surface area contributed by atoms with Crippen LogP contribution in [0.1, 0.15) is 23.4 Å². The molecule has 1 aliphatic carbocycles. The summed E-state index contributed by atoms with van der Waals surface area (Å²) in [5.74, 6) is -0.705. The second-order valence-electron chi connectivity index (χ2n) is 5.10. The minimum Gasteiger partial charge on any atom is -0.438 e. The third-order valence-corrected chi connectivity index (χ3v) is 5.28. The lowest BCUT2D eigenvalue weighted by Crippen LogP contribution is -2.25. The van der Waals surface area contributed by atoms with Crippen LogP contribution in [0.15, 0.2) is 39.8 Å². The molecule has 1 fully saturated rings. The molecule has 1 heterocycles. The molecule has 9 heteroatoms. The number of halogens is 2. The standard InChI is InChI=1S/C14H12Cl2N2O4S/c15-10-4-3-9(7-11(10)16)17-14(19)12-5-6-13(22-12)23(20,21)18-8-1-2-8/h3-8,18H,1-2H2,(H,17,19). The predicted molar refractivity (Wildman–Crippen MR) is 86.5 cm³/mol. The van der Waals surface area contributed by atoms with Crippen LogP contribution >= 0.6 is 23.2 Å². The van der Waals surface area contributed by atoms with Gasteiger partial charge < -0.3 is 9.73 Å². The Morgan fingerprint density at radius 1 is 1.13 bits per heavy atom. The molecule has 122 valence electrons. The summed E-state index contributed by atoms with van der Waals surface area (Å²) >= 11 is 11.7. The van der Waals surface area contributed by atoms with E-state index < -0.39 is 15.9 Å². The largest absolute Gasteiger partial charge is 0.438 e. The number of carbonyl (C=O) groups is 1. The van der Waals surface area contributed by atoms with Gasteiger partial charge in [-0.1, -0.05) is 23.2 Å². The van der Waals surface area contributed by atoms with E-state index in [4.69, 9.17) is 27.6 Å². The molecule has 1 aromatic carbocycles. The molecule has 23 heavy (non-hydrogen) atoms. The minimum atomic E-state index is -3.73. The zero-order valence-corrected chi connectivity index (χ0v) is 14.0. The topological polar surface area (TPSA) is 88.4 Å². The fourth-order valence-electron chi connectivity index (χ4n) is 1.83. The van der Waals surface area contributed by atoms with Crippen molar-refractivity contribution in [1.29, 1.82) is 0 Å². The Kier molecular flexibility index (Phi) is 4.37. The van der Waals surface area contributed by atoms with Crippen LogP contribution in [0.3, 0.4) is 0 Å². The van der Waals surface area contributed by atoms with Crippen molar-refractivity contribution in [3.05, 3.63) is 46.1 Å². The van der Waals surface area contributed by atoms with Crippen molar-refractivity contribution in [3.8, 4) is 0 Å². The van der Waals surface area contributed by atoms with E-state index in [1.165, 1.54) is 24.3 Å². The molecule has 0 unspecified atom stereocenters. The number of rotatable bonds is 5. The number of amides is 1. The number of benzene rings is 1. The van der Waals surface area contributed by atoms with Crippen molar-refractivity contribution in [1.82, 2.24) is 4.72 Å². The number of anilines is 1. The Balaban J connectivity index is 1.74. The molecule has 6 nitrogen and oxygen atoms in total. The Hall–Kier alpha value is -1.54. The van der Waals surface area contributed by atoms with E-state index in [-0.39, 0.29) is 16.9 Å². The van der Waals surface area contributed by atoms with Gasteiger partial charge in [0, 0.05) is 11.7 Å². The molecule has 2 N–H and O–H groups in total. The van der Waals surface area contributed by atoms with Gasteiger partial charge in [0.05, 0.1) is 10.0 Å². The van der Waals surface area contributed by atoms with Crippen LogP contribution in [-0.4, -0.2) is 20.4 Å². The minimum absolute atomic E-state index is 0.0430. The Morgan fingerprint density at radius 3 is 2.52 bits per heavy atom. The van der Waals surface area contributed by atoms with E-state index in [2.05, 4.69) is 10.0 Å². The Morgan fingerprint density at radius 2 is 1.87 bits per heavy atom. The highest BCUT2D eigenvalue weighted by atomic mass is 35.5. The predicted octanol–water partition coefficient (Wildman–Crippen LogP) is 3.28. The molecule has 1 amide bonds. The maximum absolute atomic E-state index is 12.1. The fourth-order valence-corrected chi connectivity index (χ4v) is 3.37. The molecular weight excluding hydrogens is 363 g/mol. The highest BCUT2D eigenvalue weighted by molar-refractivity contribution is 7.89. The maximum atomic E-state index is 12.1. The van der Waals surface area contributed by atoms with Crippen molar-refractivity contribution >= 4 is 44.8 Å². The lowest BCUT2D eigenvalue weighted by Gasteiger charge is -2.05. The first-order valence-corrected chi connectivity index (χ1v) is 8.97. The smallest absolute Gasteiger partial charge is 0.291 e. The molecule has 0 bridgehead atoms. The van der Waals surface area contributed by atoms with Crippen LogP contribution < -0.4 is 10.0 Å². The molecule has 2 aromatic rings. The van der Waals surface area contributed by atoms with E-state index >= 15 is 0 Å². The van der Waals surface area contributed by atoms with Gasteiger partial charge in [0.25, 0.3) is 15.9 Å². The summed E-state index contributed by atoms with van der Waals surface area (Å²) in [5.41, 5.74) is 0.418. The van der Waals surface area contributed by atoms with Crippen molar-refractivity contribution in [2.24, 2.45) is 0 Å². The molecule has 0 saturated heterocycles. The first-order valence-electron chi connectivity index (χ1n) is 6.74. The summed E-state index contributed by atoms with van der Waals surface area (Å²) in [4.78, 5) is 12.1. The van der Waals surface area contributed by atoms with Gasteiger partial charge in [0.2, 0.25) is 5.09 Å². The molecular formula is C14H12Cl2N2O4S. The molecule has 1 aliphatic rings. The summed E-state index contributed by atoms with van der Waals surface area (Å²) in [7, 11) is -3.73. The Bertz CT molecular complexity index is 859. The second-order valence-corrected chi connectivity index (χ2v) is 7.56. The second kappa shape index (κ2) is 6.16. The average Bonchev–Trinajstić information content (AvgIpc) is 3.13. The lowest BCUT2D eigenvalue weighted by molar-refractivity contribution is 0.0991. The number of sulfonamides is 1. The van der Waals surface area contributed by atoms with Crippen LogP contribution in [0.5, 0.6) is 0 Å². The van der Waals surface area contributed by atoms with Gasteiger partial charge in [0.15, 0.2) is 5.76 Å². The highest BCUT2D eigenvalue weighted by Gasteiger charge is 2.30. The van der Waals surface area contributed by atoms with Gasteiger partial charge in [-0.15, -0.1) is 0 Å². The summed E-state index contributed by atoms with van der Waals surface area (Å²) in [5, 5.41) is 2.92. The van der Waals surface area contributed by atoms with Gasteiger partial charge in [0.1, 0.15) is 0 Å². The molecule has 3 rings (SSSR count). The summed E-state index contributed by atoms with van der Waals surface area (Å²) in [6, 6.07) is 7.09. The van der Waals surface area contributed by atoms with Crippen molar-refractivity contribution in [2.75, 3.05) is 5.32 Å². The molecule has 0 aliphatic heterocycles. The quantitative estimate of drug-likeness (QED) is 0.840. The molecule has 1 aromatic heterocycles. The third-order valence-electron chi connectivity index (χ3n) is 3.15. The first kappa shape index (κ1) is 16.3. The molecule has 0 radical (unpaired) electrons. The van der Waals surface area contributed by atoms with Crippen LogP contribution in [0, 0.1) is 0 Å². The monoisotopic (exact) mass is 374 g/mol. The zero-order chi connectivity index (χ0) is 16.6. The van der Waals surface area contributed by atoms with Gasteiger partial charge >= 0.3 is 0 Å². The van der Waals surface area contributed by atoms with Crippen LogP contribution in [0.2, 0.25) is 10.0 Å². The van der Waals surface area contributed by atoms with Gasteiger partial charge in [-0.3, -0.25) is 4.79 Å². The molecule has 0 spiro atoms. The van der Waals surface area contributed by atoms with Crippen LogP contribution in [-0.2, 0) is 10.0 Å². The summed E-state index contributed by atoms with van der Waals surface area (Å²) in [6.45, 7) is 0. The SMILES string of the molecule is O=C(Nc1ccc(Cl)c(Cl)c1)c1ccc(S(=O)(=O)NC2CC2)o1. The lowest BCUT2D eigenvalue weighted by atomic mass is 10.3. The van der Waals surface area contributed by atoms with E-state index in [9.17, 15) is 13.2 Å². The number of carbonyl (C=O) groups excluding carboxylic acids is 1. The summed E-state index contributed by atoms with van der Waals surface area (Å²) < 4.78 is 31.6. The van der Waals surface area contributed by atoms with Crippen molar-refractivity contribution in [3.63, 3.8) is 0 Å². The number of hydrogen-bond acceptors (Lipinski definition) is 4. The fraction of sp³-hybridized carbons (Fsp3) is 0.214. The number of furan rings is 1. The Labute approximate surface area is 142 Å². The normalized spacial score (nSPS) is 14.7. The van der Waals surface area contributed by atoms with Crippen molar-refractivity contribution in [2.45, 2.75) is 24.0 Å². The van der Waals surface area contributed by atoms with Crippen LogP contribution in [0.4, 0.5) is 5.69 Å². The number of hydrogen-bond donors (Lipinski definition) is 2. The summed E-state index contributed by atoms with van der Waals surface area (Å²) in [6.07, 6.45) is 1.62. The third kappa shape index (κ3) is 3.87. The molecule has 0 atom stereocenters. The average molecular weight is 375 g/mol. The van der Waals surface area contributed by atoms with E-state index in [0.717, 1.165) is 12.8 Å². The molecule has 1 saturated carbocycles. The van der Waals surface area contributed by atoms with Gasteiger partial charge in [-0.05, 0) is 43.2 Å². The first-order chi connectivity index (χ1) is 10.8. The van der Waals surface area contributed by atoms with E-state index in [0.29, 0.717) is 15.7 Å². The highest BCUT2D eigenvalue weighted by Crippen LogP contribution is 2.26. The van der Waals surface area contributed by atoms with E-state index in [1.807, 2.05) is 0 Å². The van der Waals surface area contributed by atoms with Gasteiger partial charge in [-0.25, -0.2) is 13.1 Å². The van der Waals surface area contributed by atoms with Crippen LogP contribution in [0.25, 0.3) is 0 Å².